The van der Waals surface area contributed by atoms with Gasteiger partial charge in [-0.3, -0.25) is 4.79 Å². The summed E-state index contributed by atoms with van der Waals surface area (Å²) in [7, 11) is 1.58. The molecule has 0 radical (unpaired) electrons. The number of benzene rings is 2. The lowest BCUT2D eigenvalue weighted by Crippen LogP contribution is -2.38. The Hall–Kier alpha value is -3.28. The predicted molar refractivity (Wildman–Crippen MR) is 136 cm³/mol. The smallest absolute Gasteiger partial charge is 0.335 e. The number of aromatic amines is 1. The first-order valence-corrected chi connectivity index (χ1v) is 12.0. The molecule has 1 heterocycles. The van der Waals surface area contributed by atoms with Gasteiger partial charge in [-0.05, 0) is 54.7 Å². The first kappa shape index (κ1) is 25.3. The highest BCUT2D eigenvalue weighted by atomic mass is 16.5. The zero-order chi connectivity index (χ0) is 24.9. The predicted octanol–water partition coefficient (Wildman–Crippen LogP) is 5.90. The summed E-state index contributed by atoms with van der Waals surface area (Å²) in [5.74, 6) is -0.277. The summed E-state index contributed by atoms with van der Waals surface area (Å²) >= 11 is 0. The van der Waals surface area contributed by atoms with Crippen molar-refractivity contribution in [3.05, 3.63) is 64.8 Å². The third kappa shape index (κ3) is 5.44. The molecule has 0 fully saturated rings. The molecule has 0 aliphatic carbocycles. The average molecular weight is 465 g/mol. The largest absolute Gasteiger partial charge is 0.496 e. The number of hydrogen-bond donors (Lipinski definition) is 3. The van der Waals surface area contributed by atoms with E-state index in [2.05, 4.69) is 35.4 Å². The van der Waals surface area contributed by atoms with Crippen LogP contribution in [0, 0.1) is 5.41 Å². The van der Waals surface area contributed by atoms with Crippen molar-refractivity contribution < 1.29 is 19.4 Å². The number of carboxylic acids is 1. The Kier molecular flexibility index (Phi) is 8.02. The second kappa shape index (κ2) is 10.8. The molecule has 1 aromatic heterocycles. The molecule has 1 atom stereocenters. The number of methoxy groups -OCH3 is 1. The molecule has 6 nitrogen and oxygen atoms in total. The molecule has 0 bridgehead atoms. The van der Waals surface area contributed by atoms with Crippen LogP contribution in [0.3, 0.4) is 0 Å². The molecule has 0 saturated heterocycles. The van der Waals surface area contributed by atoms with E-state index < -0.39 is 11.4 Å². The number of H-pyrrole nitrogens is 1. The van der Waals surface area contributed by atoms with Crippen LogP contribution in [0.1, 0.15) is 79.9 Å². The number of rotatable bonds is 11. The Labute approximate surface area is 201 Å². The standard InChI is InChI=1S/C28H36N2O4/c1-6-8-20(21-11-10-19(26(31)32)15-25(21)34-5)23-17-30-24-12-9-18(14-22(23)24)16-28(3,4)27(33)29-13-7-2/h9-12,14-15,17,20,30H,6-8,13,16H2,1-5H3,(H,29,33)(H,31,32). The highest BCUT2D eigenvalue weighted by Gasteiger charge is 2.28. The molecule has 182 valence electrons. The molecule has 3 aromatic rings. The summed E-state index contributed by atoms with van der Waals surface area (Å²) in [4.78, 5) is 27.5. The summed E-state index contributed by atoms with van der Waals surface area (Å²) in [6, 6.07) is 11.4. The molecule has 3 rings (SSSR count). The van der Waals surface area contributed by atoms with Crippen LogP contribution in [0.4, 0.5) is 0 Å². The number of aromatic nitrogens is 1. The van der Waals surface area contributed by atoms with Gasteiger partial charge in [0.25, 0.3) is 0 Å². The van der Waals surface area contributed by atoms with E-state index in [0.717, 1.165) is 46.9 Å². The summed E-state index contributed by atoms with van der Waals surface area (Å²) < 4.78 is 5.60. The number of ether oxygens (including phenoxy) is 1. The fraction of sp³-hybridized carbons (Fsp3) is 0.429. The van der Waals surface area contributed by atoms with Crippen molar-refractivity contribution in [1.29, 1.82) is 0 Å². The van der Waals surface area contributed by atoms with Crippen molar-refractivity contribution in [1.82, 2.24) is 10.3 Å². The summed E-state index contributed by atoms with van der Waals surface area (Å²) in [6.07, 6.45) is 5.45. The second-order valence-corrected chi connectivity index (χ2v) is 9.54. The van der Waals surface area contributed by atoms with Crippen LogP contribution in [0.15, 0.2) is 42.6 Å². The van der Waals surface area contributed by atoms with Crippen LogP contribution >= 0.6 is 0 Å². The Morgan fingerprint density at radius 2 is 1.85 bits per heavy atom. The van der Waals surface area contributed by atoms with Crippen LogP contribution in [0.25, 0.3) is 10.9 Å². The van der Waals surface area contributed by atoms with E-state index >= 15 is 0 Å². The number of aromatic carboxylic acids is 1. The van der Waals surface area contributed by atoms with Crippen LogP contribution in [0.2, 0.25) is 0 Å². The first-order chi connectivity index (χ1) is 16.2. The molecule has 34 heavy (non-hydrogen) atoms. The van der Waals surface area contributed by atoms with E-state index in [9.17, 15) is 14.7 Å². The molecule has 0 spiro atoms. The minimum Gasteiger partial charge on any atom is -0.496 e. The zero-order valence-electron chi connectivity index (χ0n) is 20.8. The van der Waals surface area contributed by atoms with E-state index in [0.29, 0.717) is 18.7 Å². The maximum atomic E-state index is 12.7. The number of hydrogen-bond acceptors (Lipinski definition) is 3. The number of fused-ring (bicyclic) bond motifs is 1. The molecule has 0 aliphatic heterocycles. The van der Waals surface area contributed by atoms with E-state index in [-0.39, 0.29) is 17.4 Å². The Bertz CT molecular complexity index is 1160. The molecule has 0 saturated carbocycles. The van der Waals surface area contributed by atoms with E-state index in [1.165, 1.54) is 0 Å². The van der Waals surface area contributed by atoms with Gasteiger partial charge in [-0.1, -0.05) is 46.2 Å². The third-order valence-electron chi connectivity index (χ3n) is 6.38. The average Bonchev–Trinajstić information content (AvgIpc) is 3.23. The van der Waals surface area contributed by atoms with Crippen LogP contribution < -0.4 is 10.1 Å². The fourth-order valence-electron chi connectivity index (χ4n) is 4.56. The number of carboxylic acid groups (broad SMARTS) is 1. The van der Waals surface area contributed by atoms with Crippen molar-refractivity contribution in [3.63, 3.8) is 0 Å². The number of nitrogens with one attached hydrogen (secondary N) is 2. The molecule has 6 heteroatoms. The highest BCUT2D eigenvalue weighted by Crippen LogP contribution is 2.39. The van der Waals surface area contributed by atoms with Crippen molar-refractivity contribution in [2.45, 2.75) is 59.3 Å². The van der Waals surface area contributed by atoms with E-state index in [1.807, 2.05) is 33.0 Å². The maximum Gasteiger partial charge on any atom is 0.335 e. The van der Waals surface area contributed by atoms with Crippen molar-refractivity contribution in [2.75, 3.05) is 13.7 Å². The second-order valence-electron chi connectivity index (χ2n) is 9.54. The zero-order valence-corrected chi connectivity index (χ0v) is 20.8. The molecular formula is C28H36N2O4. The van der Waals surface area contributed by atoms with Crippen LogP contribution in [0.5, 0.6) is 5.75 Å². The monoisotopic (exact) mass is 464 g/mol. The van der Waals surface area contributed by atoms with Gasteiger partial charge in [-0.2, -0.15) is 0 Å². The molecule has 1 amide bonds. The lowest BCUT2D eigenvalue weighted by atomic mass is 9.83. The van der Waals surface area contributed by atoms with E-state index in [4.69, 9.17) is 4.74 Å². The lowest BCUT2D eigenvalue weighted by molar-refractivity contribution is -0.129. The van der Waals surface area contributed by atoms with Gasteiger partial charge in [-0.25, -0.2) is 4.79 Å². The van der Waals surface area contributed by atoms with Crippen molar-refractivity contribution in [3.8, 4) is 5.75 Å². The Balaban J connectivity index is 2.01. The number of amides is 1. The van der Waals surface area contributed by atoms with Crippen LogP contribution in [-0.4, -0.2) is 35.6 Å². The quantitative estimate of drug-likeness (QED) is 0.329. The topological polar surface area (TPSA) is 91.4 Å². The van der Waals surface area contributed by atoms with Gasteiger partial charge in [0, 0.05) is 40.5 Å². The van der Waals surface area contributed by atoms with E-state index in [1.54, 1.807) is 19.2 Å². The molecule has 2 aromatic carbocycles. The van der Waals surface area contributed by atoms with Crippen molar-refractivity contribution >= 4 is 22.8 Å². The maximum absolute atomic E-state index is 12.7. The van der Waals surface area contributed by atoms with Gasteiger partial charge < -0.3 is 20.1 Å². The highest BCUT2D eigenvalue weighted by molar-refractivity contribution is 5.89. The van der Waals surface area contributed by atoms with Gasteiger partial charge >= 0.3 is 5.97 Å². The molecule has 1 unspecified atom stereocenters. The van der Waals surface area contributed by atoms with Crippen LogP contribution in [-0.2, 0) is 11.2 Å². The van der Waals surface area contributed by atoms with Gasteiger partial charge in [0.15, 0.2) is 0 Å². The molecular weight excluding hydrogens is 428 g/mol. The Morgan fingerprint density at radius 1 is 1.09 bits per heavy atom. The fourth-order valence-corrected chi connectivity index (χ4v) is 4.56. The number of carbonyl (C=O) groups excluding carboxylic acids is 1. The lowest BCUT2D eigenvalue weighted by Gasteiger charge is -2.24. The SMILES string of the molecule is CCCNC(=O)C(C)(C)Cc1ccc2[nH]cc(C(CCC)c3ccc(C(=O)O)cc3OC)c2c1. The van der Waals surface area contributed by atoms with Gasteiger partial charge in [0.2, 0.25) is 5.91 Å². The van der Waals surface area contributed by atoms with Gasteiger partial charge in [0.1, 0.15) is 5.75 Å². The molecule has 3 N–H and O–H groups in total. The summed E-state index contributed by atoms with van der Waals surface area (Å²) in [6.45, 7) is 8.84. The minimum absolute atomic E-state index is 0.0488. The van der Waals surface area contributed by atoms with Gasteiger partial charge in [0.05, 0.1) is 12.7 Å². The summed E-state index contributed by atoms with van der Waals surface area (Å²) in [5, 5.41) is 13.5. The molecule has 0 aliphatic rings. The normalized spacial score (nSPS) is 12.5. The third-order valence-corrected chi connectivity index (χ3v) is 6.38. The summed E-state index contributed by atoms with van der Waals surface area (Å²) in [5.41, 5.74) is 3.95. The Morgan fingerprint density at radius 3 is 2.50 bits per heavy atom. The minimum atomic E-state index is -0.973. The van der Waals surface area contributed by atoms with Gasteiger partial charge in [-0.15, -0.1) is 0 Å². The van der Waals surface area contributed by atoms with Crippen molar-refractivity contribution in [2.24, 2.45) is 5.41 Å². The number of carbonyl (C=O) groups is 2. The first-order valence-electron chi connectivity index (χ1n) is 12.0.